The molecule has 1 spiro atoms. The summed E-state index contributed by atoms with van der Waals surface area (Å²) < 4.78 is 80.6. The van der Waals surface area contributed by atoms with Gasteiger partial charge in [0.15, 0.2) is 0 Å². The van der Waals surface area contributed by atoms with Gasteiger partial charge in [0.2, 0.25) is 0 Å². The minimum atomic E-state index is -5.76. The number of aliphatic carboxylic acids is 1. The van der Waals surface area contributed by atoms with Gasteiger partial charge in [0.1, 0.15) is 5.54 Å². The number of carbonyl (C=O) groups is 2. The molecule has 0 radical (unpaired) electrons. The lowest BCUT2D eigenvalue weighted by atomic mass is 9.84. The molecule has 3 fully saturated rings. The SMILES string of the molecule is Cc1ccc(CN2CCCC23CCN(C(=O)OC(C(F)(F)F)C(F)(F)F)CC3)c(NC2(C(=O)O)CC2)c1. The number of nitrogens with zero attached hydrogens (tertiary/aromatic N) is 2. The Morgan fingerprint density at radius 3 is 2.19 bits per heavy atom. The highest BCUT2D eigenvalue weighted by Gasteiger charge is 2.60. The lowest BCUT2D eigenvalue weighted by Gasteiger charge is -2.45. The zero-order valence-corrected chi connectivity index (χ0v) is 20.2. The number of ether oxygens (including phenoxy) is 1. The molecule has 4 rings (SSSR count). The summed E-state index contributed by atoms with van der Waals surface area (Å²) in [6, 6.07) is 5.76. The molecule has 1 aromatic carbocycles. The number of benzene rings is 1. The van der Waals surface area contributed by atoms with Crippen LogP contribution in [0.25, 0.3) is 0 Å². The van der Waals surface area contributed by atoms with E-state index >= 15 is 0 Å². The highest BCUT2D eigenvalue weighted by atomic mass is 19.4. The van der Waals surface area contributed by atoms with E-state index in [0.29, 0.717) is 32.2 Å². The second-order valence-corrected chi connectivity index (χ2v) is 10.3. The van der Waals surface area contributed by atoms with E-state index in [4.69, 9.17) is 0 Å². The molecule has 1 saturated carbocycles. The first-order valence-corrected chi connectivity index (χ1v) is 12.1. The van der Waals surface area contributed by atoms with Crippen LogP contribution < -0.4 is 5.32 Å². The van der Waals surface area contributed by atoms with Crippen LogP contribution in [0, 0.1) is 6.92 Å². The number of hydrogen-bond acceptors (Lipinski definition) is 5. The second kappa shape index (κ2) is 9.55. The maximum atomic E-state index is 12.8. The lowest BCUT2D eigenvalue weighted by molar-refractivity contribution is -0.308. The highest BCUT2D eigenvalue weighted by molar-refractivity contribution is 5.86. The van der Waals surface area contributed by atoms with Crippen LogP contribution in [0.1, 0.15) is 49.7 Å². The van der Waals surface area contributed by atoms with Gasteiger partial charge in [-0.3, -0.25) is 4.90 Å². The molecular formula is C24H29F6N3O4. The number of nitrogens with one attached hydrogen (secondary N) is 1. The Bertz CT molecular complexity index is 1020. The van der Waals surface area contributed by atoms with Crippen LogP contribution in [-0.2, 0) is 16.1 Å². The van der Waals surface area contributed by atoms with E-state index in [1.165, 1.54) is 0 Å². The molecule has 2 heterocycles. The Morgan fingerprint density at radius 2 is 1.65 bits per heavy atom. The van der Waals surface area contributed by atoms with E-state index in [9.17, 15) is 41.0 Å². The van der Waals surface area contributed by atoms with Crippen LogP contribution in [0.2, 0.25) is 0 Å². The zero-order valence-electron chi connectivity index (χ0n) is 20.2. The molecule has 0 atom stereocenters. The lowest BCUT2D eigenvalue weighted by Crippen LogP contribution is -2.54. The Labute approximate surface area is 209 Å². The van der Waals surface area contributed by atoms with Gasteiger partial charge >= 0.3 is 24.4 Å². The van der Waals surface area contributed by atoms with E-state index < -0.39 is 36.1 Å². The third-order valence-electron chi connectivity index (χ3n) is 7.67. The first kappa shape index (κ1) is 27.3. The molecule has 0 bridgehead atoms. The molecule has 0 aromatic heterocycles. The van der Waals surface area contributed by atoms with Crippen molar-refractivity contribution in [3.05, 3.63) is 29.3 Å². The number of aryl methyl sites for hydroxylation is 1. The Kier molecular flexibility index (Phi) is 7.06. The third-order valence-corrected chi connectivity index (χ3v) is 7.67. The van der Waals surface area contributed by atoms with Crippen molar-refractivity contribution in [2.45, 2.75) is 81.5 Å². The van der Waals surface area contributed by atoms with Gasteiger partial charge in [-0.15, -0.1) is 0 Å². The maximum Gasteiger partial charge on any atom is 0.434 e. The average Bonchev–Trinajstić information content (AvgIpc) is 3.49. The molecule has 7 nitrogen and oxygen atoms in total. The molecule has 1 aliphatic carbocycles. The molecule has 37 heavy (non-hydrogen) atoms. The van der Waals surface area contributed by atoms with Gasteiger partial charge in [-0.25, -0.2) is 9.59 Å². The first-order valence-electron chi connectivity index (χ1n) is 12.1. The number of carboxylic acid groups (broad SMARTS) is 1. The summed E-state index contributed by atoms with van der Waals surface area (Å²) in [6.07, 6.45) is -13.9. The number of alkyl halides is 6. The fourth-order valence-corrected chi connectivity index (χ4v) is 5.33. The number of anilines is 1. The van der Waals surface area contributed by atoms with Gasteiger partial charge in [-0.1, -0.05) is 12.1 Å². The van der Waals surface area contributed by atoms with Crippen LogP contribution in [0.3, 0.4) is 0 Å². The molecule has 206 valence electrons. The van der Waals surface area contributed by atoms with Crippen molar-refractivity contribution in [1.82, 2.24) is 9.80 Å². The van der Waals surface area contributed by atoms with E-state index in [1.54, 1.807) is 0 Å². The number of rotatable bonds is 6. The average molecular weight is 538 g/mol. The summed E-state index contributed by atoms with van der Waals surface area (Å²) in [4.78, 5) is 27.0. The Morgan fingerprint density at radius 1 is 1.03 bits per heavy atom. The van der Waals surface area contributed by atoms with Crippen molar-refractivity contribution in [2.24, 2.45) is 0 Å². The van der Waals surface area contributed by atoms with Gasteiger partial charge in [0.05, 0.1) is 0 Å². The van der Waals surface area contributed by atoms with Gasteiger partial charge in [0.25, 0.3) is 6.10 Å². The van der Waals surface area contributed by atoms with E-state index in [2.05, 4.69) is 15.0 Å². The van der Waals surface area contributed by atoms with Gasteiger partial charge in [0, 0.05) is 30.9 Å². The number of piperidine rings is 1. The van der Waals surface area contributed by atoms with Crippen molar-refractivity contribution in [3.8, 4) is 0 Å². The van der Waals surface area contributed by atoms with Crippen molar-refractivity contribution >= 4 is 17.7 Å². The Hall–Kier alpha value is -2.70. The monoisotopic (exact) mass is 537 g/mol. The molecular weight excluding hydrogens is 508 g/mol. The fourth-order valence-electron chi connectivity index (χ4n) is 5.33. The molecule has 1 amide bonds. The molecule has 2 saturated heterocycles. The second-order valence-electron chi connectivity index (χ2n) is 10.3. The van der Waals surface area contributed by atoms with Crippen LogP contribution in [0.4, 0.5) is 36.8 Å². The highest BCUT2D eigenvalue weighted by Crippen LogP contribution is 2.43. The fraction of sp³-hybridized carbons (Fsp3) is 0.667. The summed E-state index contributed by atoms with van der Waals surface area (Å²) in [5.41, 5.74) is 1.26. The van der Waals surface area contributed by atoms with Gasteiger partial charge < -0.3 is 20.1 Å². The van der Waals surface area contributed by atoms with Gasteiger partial charge in [-0.2, -0.15) is 26.3 Å². The quantitative estimate of drug-likeness (QED) is 0.493. The van der Waals surface area contributed by atoms with E-state index in [-0.39, 0.29) is 18.6 Å². The molecule has 2 aliphatic heterocycles. The largest absolute Gasteiger partial charge is 0.480 e. The summed E-state index contributed by atoms with van der Waals surface area (Å²) in [7, 11) is 0. The number of amides is 1. The predicted octanol–water partition coefficient (Wildman–Crippen LogP) is 5.08. The Balaban J connectivity index is 1.43. The summed E-state index contributed by atoms with van der Waals surface area (Å²) in [6.45, 7) is 3.07. The normalized spacial score (nSPS) is 21.4. The van der Waals surface area contributed by atoms with E-state index in [1.807, 2.05) is 25.1 Å². The van der Waals surface area contributed by atoms with Crippen LogP contribution in [-0.4, -0.2) is 76.1 Å². The summed E-state index contributed by atoms with van der Waals surface area (Å²) in [5.74, 6) is -0.907. The number of halogens is 6. The predicted molar refractivity (Wildman–Crippen MR) is 120 cm³/mol. The van der Waals surface area contributed by atoms with Crippen molar-refractivity contribution < 1.29 is 45.8 Å². The number of hydrogen-bond donors (Lipinski definition) is 2. The molecule has 13 heteroatoms. The first-order chi connectivity index (χ1) is 17.2. The van der Waals surface area contributed by atoms with Crippen molar-refractivity contribution in [2.75, 3.05) is 25.0 Å². The third kappa shape index (κ3) is 5.75. The van der Waals surface area contributed by atoms with Crippen LogP contribution >= 0.6 is 0 Å². The number of carboxylic acids is 1. The molecule has 1 aromatic rings. The van der Waals surface area contributed by atoms with Crippen molar-refractivity contribution in [1.29, 1.82) is 0 Å². The smallest absolute Gasteiger partial charge is 0.434 e. The minimum absolute atomic E-state index is 0.0289. The van der Waals surface area contributed by atoms with Crippen LogP contribution in [0.15, 0.2) is 18.2 Å². The maximum absolute atomic E-state index is 12.8. The molecule has 0 unspecified atom stereocenters. The van der Waals surface area contributed by atoms with Crippen molar-refractivity contribution in [3.63, 3.8) is 0 Å². The summed E-state index contributed by atoms with van der Waals surface area (Å²) in [5, 5.41) is 12.8. The topological polar surface area (TPSA) is 82.1 Å². The minimum Gasteiger partial charge on any atom is -0.480 e. The van der Waals surface area contributed by atoms with Crippen LogP contribution in [0.5, 0.6) is 0 Å². The van der Waals surface area contributed by atoms with E-state index in [0.717, 1.165) is 41.1 Å². The number of likely N-dealkylation sites (tertiary alicyclic amines) is 2. The zero-order chi connectivity index (χ0) is 27.2. The summed E-state index contributed by atoms with van der Waals surface area (Å²) >= 11 is 0. The number of carbonyl (C=O) groups excluding carboxylic acids is 1. The van der Waals surface area contributed by atoms with Gasteiger partial charge in [-0.05, 0) is 69.2 Å². The molecule has 2 N–H and O–H groups in total. The standard InChI is InChI=1S/C24H29F6N3O4/c1-15-3-4-16(17(13-15)31-22(6-7-22)19(34)35)14-33-10-2-5-21(33)8-11-32(12-9-21)20(36)37-18(23(25,26)27)24(28,29)30/h3-4,13,18,31H,2,5-12,14H2,1H3,(H,34,35). The molecule has 3 aliphatic rings.